The molecule has 2 aromatic carbocycles. The molecule has 0 fully saturated rings. The number of hydrogen-bond acceptors (Lipinski definition) is 6. The van der Waals surface area contributed by atoms with Crippen molar-refractivity contribution in [1.82, 2.24) is 4.31 Å². The van der Waals surface area contributed by atoms with Crippen LogP contribution in [0.2, 0.25) is 5.02 Å². The molecule has 0 atom stereocenters. The highest BCUT2D eigenvalue weighted by Crippen LogP contribution is 2.28. The van der Waals surface area contributed by atoms with E-state index in [1.807, 2.05) is 0 Å². The summed E-state index contributed by atoms with van der Waals surface area (Å²) in [5.41, 5.74) is 0.399. The zero-order valence-corrected chi connectivity index (χ0v) is 19.1. The number of methoxy groups -OCH3 is 1. The van der Waals surface area contributed by atoms with Crippen molar-refractivity contribution in [1.29, 1.82) is 0 Å². The van der Waals surface area contributed by atoms with E-state index in [1.165, 1.54) is 19.2 Å². The molecule has 0 aliphatic carbocycles. The Morgan fingerprint density at radius 2 is 1.80 bits per heavy atom. The summed E-state index contributed by atoms with van der Waals surface area (Å²) in [4.78, 5) is 12.0. The van der Waals surface area contributed by atoms with Gasteiger partial charge in [0.05, 0.1) is 29.3 Å². The second-order valence-electron chi connectivity index (χ2n) is 6.45. The Morgan fingerprint density at radius 3 is 2.40 bits per heavy atom. The summed E-state index contributed by atoms with van der Waals surface area (Å²) in [6, 6.07) is 10.2. The maximum atomic E-state index is 13.2. The molecule has 0 heterocycles. The van der Waals surface area contributed by atoms with Gasteiger partial charge in [0.2, 0.25) is 15.9 Å². The Hall–Kier alpha value is -2.14. The van der Waals surface area contributed by atoms with Crippen molar-refractivity contribution in [2.24, 2.45) is 0 Å². The minimum absolute atomic E-state index is 0.0428. The van der Waals surface area contributed by atoms with Gasteiger partial charge in [0.15, 0.2) is 9.84 Å². The molecule has 8 nitrogen and oxygen atoms in total. The van der Waals surface area contributed by atoms with Crippen molar-refractivity contribution in [2.45, 2.75) is 23.1 Å². The minimum atomic E-state index is -4.23. The topological polar surface area (TPSA) is 110 Å². The predicted molar refractivity (Wildman–Crippen MR) is 115 cm³/mol. The number of sulfonamides is 1. The summed E-state index contributed by atoms with van der Waals surface area (Å²) >= 11 is 6.06. The normalized spacial score (nSPS) is 12.0. The summed E-state index contributed by atoms with van der Waals surface area (Å²) in [7, 11) is -6.43. The van der Waals surface area contributed by atoms with E-state index in [2.05, 4.69) is 5.32 Å². The molecule has 0 aromatic heterocycles. The molecule has 30 heavy (non-hydrogen) atoms. The van der Waals surface area contributed by atoms with Gasteiger partial charge in [-0.2, -0.15) is 4.31 Å². The number of benzene rings is 2. The van der Waals surface area contributed by atoms with E-state index < -0.39 is 32.3 Å². The Labute approximate surface area is 181 Å². The highest BCUT2D eigenvalue weighted by molar-refractivity contribution is 7.91. The van der Waals surface area contributed by atoms with Crippen molar-refractivity contribution < 1.29 is 26.4 Å². The van der Waals surface area contributed by atoms with Crippen molar-refractivity contribution in [2.75, 3.05) is 31.8 Å². The lowest BCUT2D eigenvalue weighted by Crippen LogP contribution is -2.38. The van der Waals surface area contributed by atoms with Crippen molar-refractivity contribution in [3.8, 4) is 5.75 Å². The van der Waals surface area contributed by atoms with Crippen LogP contribution in [0, 0.1) is 0 Å². The first-order valence-electron chi connectivity index (χ1n) is 8.93. The van der Waals surface area contributed by atoms with Gasteiger partial charge in [0, 0.05) is 12.8 Å². The van der Waals surface area contributed by atoms with Crippen LogP contribution in [0.1, 0.15) is 13.3 Å². The molecule has 1 amide bonds. The Balaban J connectivity index is 2.36. The second kappa shape index (κ2) is 9.78. The molecular weight excluding hydrogens is 452 g/mol. The highest BCUT2D eigenvalue weighted by Gasteiger charge is 2.29. The minimum Gasteiger partial charge on any atom is -0.495 e. The molecule has 0 radical (unpaired) electrons. The number of amides is 1. The molecule has 0 aliphatic heterocycles. The lowest BCUT2D eigenvalue weighted by molar-refractivity contribution is -0.116. The van der Waals surface area contributed by atoms with Gasteiger partial charge in [0.25, 0.3) is 0 Å². The van der Waals surface area contributed by atoms with Crippen molar-refractivity contribution >= 4 is 43.1 Å². The monoisotopic (exact) mass is 474 g/mol. The Kier molecular flexibility index (Phi) is 7.87. The van der Waals surface area contributed by atoms with Crippen LogP contribution >= 0.6 is 11.6 Å². The number of sulfone groups is 1. The molecule has 2 aromatic rings. The van der Waals surface area contributed by atoms with Crippen LogP contribution in [-0.2, 0) is 24.7 Å². The molecule has 0 saturated carbocycles. The van der Waals surface area contributed by atoms with E-state index in [9.17, 15) is 21.6 Å². The van der Waals surface area contributed by atoms with Crippen molar-refractivity contribution in [3.63, 3.8) is 0 Å². The maximum Gasteiger partial charge on any atom is 0.245 e. The molecule has 0 bridgehead atoms. The summed E-state index contributed by atoms with van der Waals surface area (Å²) in [5.74, 6) is -0.147. The number of anilines is 1. The zero-order valence-electron chi connectivity index (χ0n) is 16.8. The third-order valence-electron chi connectivity index (χ3n) is 4.12. The first kappa shape index (κ1) is 24.1. The number of nitrogens with zero attached hydrogens (tertiary/aromatic N) is 1. The number of rotatable bonds is 9. The third-order valence-corrected chi connectivity index (χ3v) is 7.56. The number of ether oxygens (including phenoxy) is 1. The van der Waals surface area contributed by atoms with Gasteiger partial charge in [-0.25, -0.2) is 16.8 Å². The molecule has 164 valence electrons. The summed E-state index contributed by atoms with van der Waals surface area (Å²) < 4.78 is 56.2. The van der Waals surface area contributed by atoms with E-state index in [0.29, 0.717) is 17.9 Å². The average molecular weight is 475 g/mol. The van der Waals surface area contributed by atoms with Crippen LogP contribution < -0.4 is 10.1 Å². The number of nitrogens with one attached hydrogen (secondary N) is 1. The molecule has 1 N–H and O–H groups in total. The average Bonchev–Trinajstić information content (AvgIpc) is 2.67. The largest absolute Gasteiger partial charge is 0.495 e. The third kappa shape index (κ3) is 5.72. The zero-order chi connectivity index (χ0) is 22.5. The number of carbonyl (C=O) groups is 1. The first-order chi connectivity index (χ1) is 14.0. The lowest BCUT2D eigenvalue weighted by atomic mass is 10.3. The number of para-hydroxylation sites is 2. The fraction of sp³-hybridized carbons (Fsp3) is 0.316. The van der Waals surface area contributed by atoms with Gasteiger partial charge in [-0.05, 0) is 36.8 Å². The van der Waals surface area contributed by atoms with Gasteiger partial charge in [0.1, 0.15) is 10.6 Å². The van der Waals surface area contributed by atoms with Crippen LogP contribution in [0.25, 0.3) is 0 Å². The van der Waals surface area contributed by atoms with E-state index in [0.717, 1.165) is 16.6 Å². The Morgan fingerprint density at radius 1 is 1.13 bits per heavy atom. The van der Waals surface area contributed by atoms with E-state index in [-0.39, 0.29) is 21.4 Å². The quantitative estimate of drug-likeness (QED) is 0.598. The lowest BCUT2D eigenvalue weighted by Gasteiger charge is -2.22. The van der Waals surface area contributed by atoms with E-state index in [1.54, 1.807) is 31.2 Å². The number of hydrogen-bond donors (Lipinski definition) is 1. The fourth-order valence-electron chi connectivity index (χ4n) is 2.68. The smallest absolute Gasteiger partial charge is 0.245 e. The van der Waals surface area contributed by atoms with Crippen LogP contribution in [-0.4, -0.2) is 53.5 Å². The highest BCUT2D eigenvalue weighted by atomic mass is 35.5. The molecule has 0 aliphatic rings. The predicted octanol–water partition coefficient (Wildman–Crippen LogP) is 2.79. The standard InChI is InChI=1S/C19H23ClN2O6S2/c1-4-11-22(13-19(23)21-16-7-5-6-8-17(16)28-2)30(26,27)18-12-14(29(3,24)25)9-10-15(18)20/h5-10,12H,4,11,13H2,1-3H3,(H,21,23). The summed E-state index contributed by atoms with van der Waals surface area (Å²) in [6.45, 7) is 1.32. The molecule has 2 rings (SSSR count). The molecule has 0 spiro atoms. The van der Waals surface area contributed by atoms with Crippen LogP contribution in [0.3, 0.4) is 0 Å². The molecular formula is C19H23ClN2O6S2. The van der Waals surface area contributed by atoms with Crippen molar-refractivity contribution in [3.05, 3.63) is 47.5 Å². The van der Waals surface area contributed by atoms with Gasteiger partial charge in [-0.15, -0.1) is 0 Å². The van der Waals surface area contributed by atoms with Crippen LogP contribution in [0.15, 0.2) is 52.3 Å². The van der Waals surface area contributed by atoms with E-state index >= 15 is 0 Å². The van der Waals surface area contributed by atoms with Gasteiger partial charge in [-0.1, -0.05) is 30.7 Å². The number of halogens is 1. The van der Waals surface area contributed by atoms with Gasteiger partial charge in [-0.3, -0.25) is 4.79 Å². The fourth-order valence-corrected chi connectivity index (χ4v) is 5.39. The number of carbonyl (C=O) groups excluding carboxylic acids is 1. The molecule has 0 saturated heterocycles. The summed E-state index contributed by atoms with van der Waals surface area (Å²) in [5, 5.41) is 2.49. The van der Waals surface area contributed by atoms with Gasteiger partial charge < -0.3 is 10.1 Å². The molecule has 11 heteroatoms. The SMILES string of the molecule is CCCN(CC(=O)Nc1ccccc1OC)S(=O)(=O)c1cc(S(C)(=O)=O)ccc1Cl. The summed E-state index contributed by atoms with van der Waals surface area (Å²) in [6.07, 6.45) is 1.40. The van der Waals surface area contributed by atoms with Crippen LogP contribution in [0.5, 0.6) is 5.75 Å². The van der Waals surface area contributed by atoms with Gasteiger partial charge >= 0.3 is 0 Å². The molecule has 0 unspecified atom stereocenters. The Bertz CT molecular complexity index is 1130. The maximum absolute atomic E-state index is 13.2. The first-order valence-corrected chi connectivity index (χ1v) is 12.6. The van der Waals surface area contributed by atoms with E-state index in [4.69, 9.17) is 16.3 Å². The second-order valence-corrected chi connectivity index (χ2v) is 10.8. The van der Waals surface area contributed by atoms with Crippen LogP contribution in [0.4, 0.5) is 5.69 Å².